The van der Waals surface area contributed by atoms with Crippen LogP contribution in [0.4, 0.5) is 0 Å². The molecule has 10 atom stereocenters. The van der Waals surface area contributed by atoms with Crippen LogP contribution >= 0.6 is 0 Å². The topological polar surface area (TPSA) is 141 Å². The summed E-state index contributed by atoms with van der Waals surface area (Å²) in [6, 6.07) is 58.1. The molecule has 68 heavy (non-hydrogen) atoms. The van der Waals surface area contributed by atoms with Crippen molar-refractivity contribution in [3.63, 3.8) is 0 Å². The van der Waals surface area contributed by atoms with E-state index in [2.05, 4.69) is 10.0 Å². The Kier molecular flexibility index (Phi) is 18.7. The second-order valence-corrected chi connectivity index (χ2v) is 16.7. The molecule has 13 heteroatoms. The quantitative estimate of drug-likeness (QED) is 0.0327. The summed E-state index contributed by atoms with van der Waals surface area (Å²) in [6.45, 7) is 1.67. The predicted octanol–water partition coefficient (Wildman–Crippen LogP) is 9.92. The Morgan fingerprint density at radius 1 is 0.412 bits per heavy atom. The summed E-state index contributed by atoms with van der Waals surface area (Å²) in [6.07, 6.45) is -7.90. The molecule has 2 fully saturated rings. The van der Waals surface area contributed by atoms with E-state index in [1.54, 1.807) is 7.11 Å². The molecule has 0 aromatic heterocycles. The molecule has 2 heterocycles. The predicted molar refractivity (Wildman–Crippen MR) is 254 cm³/mol. The van der Waals surface area contributed by atoms with Crippen LogP contribution < -0.4 is 0 Å². The monoisotopic (exact) mass is 921 g/mol. The van der Waals surface area contributed by atoms with Crippen molar-refractivity contribution in [2.24, 2.45) is 5.11 Å². The Morgan fingerprint density at radius 3 is 1.15 bits per heavy atom. The first-order chi connectivity index (χ1) is 33.6. The molecule has 0 N–H and O–H groups in total. The van der Waals surface area contributed by atoms with E-state index in [-0.39, 0.29) is 39.6 Å². The van der Waals surface area contributed by atoms with E-state index < -0.39 is 61.3 Å². The van der Waals surface area contributed by atoms with E-state index in [1.165, 1.54) is 0 Å². The standard InChI is InChI=1S/C55H59N3O10/c1-59-55-53(65-37-45-30-18-7-19-31-45)52(64-36-44-28-16-6-17-29-44)50(47(67-55)39-61-33-41-22-10-3-11-23-41)68-54-48(57-58-56)51(63-35-43-26-14-5-15-27-43)49(62-34-42-24-12-4-13-25-42)46(66-54)38-60-32-40-20-8-2-9-21-40/h2-31,46-55H,32-39H2,1H3/t46-,47-,48-,49-,50-,51-,52+,53-,54?,55+/m1/s1. The Hall–Kier alpha value is -5.77. The zero-order chi connectivity index (χ0) is 46.6. The van der Waals surface area contributed by atoms with Crippen LogP contribution in [0.15, 0.2) is 187 Å². The molecule has 13 nitrogen and oxygen atoms in total. The summed E-state index contributed by atoms with van der Waals surface area (Å²) in [4.78, 5) is 3.35. The van der Waals surface area contributed by atoms with Crippen molar-refractivity contribution in [2.45, 2.75) is 101 Å². The summed E-state index contributed by atoms with van der Waals surface area (Å²) in [5.74, 6) is 0. The van der Waals surface area contributed by atoms with Crippen LogP contribution in [-0.4, -0.2) is 81.7 Å². The largest absolute Gasteiger partial charge is 0.374 e. The van der Waals surface area contributed by atoms with E-state index in [9.17, 15) is 5.53 Å². The maximum absolute atomic E-state index is 10.3. The van der Waals surface area contributed by atoms with Crippen molar-refractivity contribution in [2.75, 3.05) is 20.3 Å². The van der Waals surface area contributed by atoms with Crippen LogP contribution in [0.3, 0.4) is 0 Å². The van der Waals surface area contributed by atoms with Gasteiger partial charge >= 0.3 is 0 Å². The van der Waals surface area contributed by atoms with E-state index in [0.29, 0.717) is 13.2 Å². The highest BCUT2D eigenvalue weighted by Gasteiger charge is 2.54. The van der Waals surface area contributed by atoms with Crippen LogP contribution in [0.5, 0.6) is 0 Å². The summed E-state index contributed by atoms with van der Waals surface area (Å²) < 4.78 is 67.1. The van der Waals surface area contributed by atoms with Crippen LogP contribution in [0.1, 0.15) is 33.4 Å². The van der Waals surface area contributed by atoms with Gasteiger partial charge in [0.15, 0.2) is 12.6 Å². The van der Waals surface area contributed by atoms with Crippen LogP contribution in [0, 0.1) is 0 Å². The number of ether oxygens (including phenoxy) is 10. The van der Waals surface area contributed by atoms with Gasteiger partial charge in [-0.15, -0.1) is 0 Å². The van der Waals surface area contributed by atoms with Gasteiger partial charge in [-0.05, 0) is 38.9 Å². The zero-order valence-electron chi connectivity index (χ0n) is 38.2. The number of azide groups is 1. The highest BCUT2D eigenvalue weighted by molar-refractivity contribution is 5.18. The molecule has 0 radical (unpaired) electrons. The van der Waals surface area contributed by atoms with Gasteiger partial charge in [0.05, 0.1) is 52.9 Å². The van der Waals surface area contributed by atoms with Crippen molar-refractivity contribution in [3.8, 4) is 0 Å². The first-order valence-corrected chi connectivity index (χ1v) is 23.0. The van der Waals surface area contributed by atoms with Gasteiger partial charge in [0.1, 0.15) is 48.8 Å². The highest BCUT2D eigenvalue weighted by atomic mass is 16.8. The molecule has 1 unspecified atom stereocenters. The molecule has 0 aliphatic carbocycles. The van der Waals surface area contributed by atoms with Gasteiger partial charge in [-0.2, -0.15) is 0 Å². The number of nitrogens with zero attached hydrogens (tertiary/aromatic N) is 3. The lowest BCUT2D eigenvalue weighted by atomic mass is 9.95. The lowest BCUT2D eigenvalue weighted by molar-refractivity contribution is -0.358. The fourth-order valence-corrected chi connectivity index (χ4v) is 8.40. The Morgan fingerprint density at radius 2 is 0.750 bits per heavy atom. The van der Waals surface area contributed by atoms with Gasteiger partial charge in [-0.1, -0.05) is 187 Å². The molecular weight excluding hydrogens is 863 g/mol. The van der Waals surface area contributed by atoms with Gasteiger partial charge in [0.25, 0.3) is 0 Å². The van der Waals surface area contributed by atoms with Crippen molar-refractivity contribution in [1.29, 1.82) is 0 Å². The van der Waals surface area contributed by atoms with Gasteiger partial charge in [-0.3, -0.25) is 0 Å². The molecule has 2 aliphatic heterocycles. The second kappa shape index (κ2) is 26.1. The van der Waals surface area contributed by atoms with Crippen molar-refractivity contribution in [3.05, 3.63) is 226 Å². The molecule has 354 valence electrons. The number of methoxy groups -OCH3 is 1. The number of hydrogen-bond acceptors (Lipinski definition) is 11. The minimum atomic E-state index is -1.23. The normalized spacial score (nSPS) is 24.8. The molecule has 6 aromatic carbocycles. The summed E-state index contributed by atoms with van der Waals surface area (Å²) in [7, 11) is 1.58. The third-order valence-corrected chi connectivity index (χ3v) is 11.8. The molecule has 2 aliphatic rings. The molecule has 2 saturated heterocycles. The summed E-state index contributed by atoms with van der Waals surface area (Å²) >= 11 is 0. The molecule has 0 saturated carbocycles. The van der Waals surface area contributed by atoms with Gasteiger partial charge in [-0.25, -0.2) is 0 Å². The Bertz CT molecular complexity index is 2370. The number of hydrogen-bond donors (Lipinski definition) is 0. The first-order valence-electron chi connectivity index (χ1n) is 23.0. The number of benzene rings is 6. The van der Waals surface area contributed by atoms with Gasteiger partial charge < -0.3 is 47.4 Å². The molecule has 6 aromatic rings. The fourth-order valence-electron chi connectivity index (χ4n) is 8.40. The maximum atomic E-state index is 10.3. The van der Waals surface area contributed by atoms with Gasteiger partial charge in [0.2, 0.25) is 0 Å². The summed E-state index contributed by atoms with van der Waals surface area (Å²) in [5, 5.41) is 4.38. The lowest BCUT2D eigenvalue weighted by Crippen LogP contribution is -2.65. The Labute approximate surface area is 398 Å². The molecular formula is C55H59N3O10. The summed E-state index contributed by atoms with van der Waals surface area (Å²) in [5.41, 5.74) is 16.1. The molecule has 0 amide bonds. The van der Waals surface area contributed by atoms with Crippen LogP contribution in [0.25, 0.3) is 10.4 Å². The van der Waals surface area contributed by atoms with E-state index >= 15 is 0 Å². The molecule has 0 bridgehead atoms. The average molecular weight is 922 g/mol. The number of rotatable bonds is 24. The minimum absolute atomic E-state index is 0.0787. The van der Waals surface area contributed by atoms with Crippen LogP contribution in [-0.2, 0) is 87.0 Å². The van der Waals surface area contributed by atoms with Crippen molar-refractivity contribution < 1.29 is 47.4 Å². The lowest BCUT2D eigenvalue weighted by Gasteiger charge is -2.49. The van der Waals surface area contributed by atoms with Crippen molar-refractivity contribution >= 4 is 0 Å². The van der Waals surface area contributed by atoms with Crippen LogP contribution in [0.2, 0.25) is 0 Å². The third-order valence-electron chi connectivity index (χ3n) is 11.8. The minimum Gasteiger partial charge on any atom is -0.374 e. The molecule has 8 rings (SSSR count). The van der Waals surface area contributed by atoms with Gasteiger partial charge in [0, 0.05) is 12.0 Å². The second-order valence-electron chi connectivity index (χ2n) is 16.7. The maximum Gasteiger partial charge on any atom is 0.186 e. The first kappa shape index (κ1) is 48.7. The fraction of sp³-hybridized carbons (Fsp3) is 0.345. The molecule has 0 spiro atoms. The van der Waals surface area contributed by atoms with Crippen molar-refractivity contribution in [1.82, 2.24) is 0 Å². The van der Waals surface area contributed by atoms with E-state index in [0.717, 1.165) is 33.4 Å². The SMILES string of the molecule is CO[C@H]1O[C@H](COCc2ccccc2)[C@@H](OC2O[C@H](COCc3ccccc3)[C@@H](OCc3ccccc3)[C@H](OCc3ccccc3)[C@H]2N=[N+]=[N-])[C@H](OCc2ccccc2)[C@H]1OCc1ccccc1. The Balaban J connectivity index is 1.16. The average Bonchev–Trinajstić information content (AvgIpc) is 3.39. The highest BCUT2D eigenvalue weighted by Crippen LogP contribution is 2.36. The van der Waals surface area contributed by atoms with E-state index in [1.807, 2.05) is 182 Å². The zero-order valence-corrected chi connectivity index (χ0v) is 38.2. The van der Waals surface area contributed by atoms with E-state index in [4.69, 9.17) is 47.4 Å². The smallest absolute Gasteiger partial charge is 0.186 e. The third kappa shape index (κ3) is 13.9.